The number of nitrogens with one attached hydrogen (secondary N) is 1. The number of para-hydroxylation sites is 1. The molecule has 6 nitrogen and oxygen atoms in total. The molecule has 0 spiro atoms. The van der Waals surface area contributed by atoms with E-state index >= 15 is 0 Å². The van der Waals surface area contributed by atoms with Crippen molar-refractivity contribution in [1.82, 2.24) is 20.0 Å². The fraction of sp³-hybridized carbons (Fsp3) is 0.412. The lowest BCUT2D eigenvalue weighted by molar-refractivity contribution is 0.0620. The van der Waals surface area contributed by atoms with Gasteiger partial charge in [-0.25, -0.2) is 0 Å². The van der Waals surface area contributed by atoms with Crippen molar-refractivity contribution in [3.8, 4) is 5.75 Å². The first kappa shape index (κ1) is 15.6. The van der Waals surface area contributed by atoms with Crippen LogP contribution in [0.4, 0.5) is 0 Å². The monoisotopic (exact) mass is 314 g/mol. The Balaban J connectivity index is 1.96. The Morgan fingerprint density at radius 3 is 2.87 bits per heavy atom. The summed E-state index contributed by atoms with van der Waals surface area (Å²) < 4.78 is 7.13. The zero-order valence-electron chi connectivity index (χ0n) is 13.7. The number of benzene rings is 1. The molecule has 1 aliphatic rings. The summed E-state index contributed by atoms with van der Waals surface area (Å²) >= 11 is 0. The molecule has 0 radical (unpaired) electrons. The molecule has 122 valence electrons. The summed E-state index contributed by atoms with van der Waals surface area (Å²) in [7, 11) is 3.46. The number of hydrogen-bond acceptors (Lipinski definition) is 4. The van der Waals surface area contributed by atoms with Crippen molar-refractivity contribution < 1.29 is 9.53 Å². The highest BCUT2D eigenvalue weighted by Gasteiger charge is 2.31. The second-order valence-corrected chi connectivity index (χ2v) is 5.75. The average molecular weight is 314 g/mol. The van der Waals surface area contributed by atoms with E-state index in [1.165, 1.54) is 0 Å². The van der Waals surface area contributed by atoms with E-state index in [4.69, 9.17) is 4.74 Å². The van der Waals surface area contributed by atoms with Crippen molar-refractivity contribution in [2.24, 2.45) is 7.05 Å². The minimum absolute atomic E-state index is 0.00510. The van der Waals surface area contributed by atoms with E-state index in [9.17, 15) is 4.79 Å². The Morgan fingerprint density at radius 1 is 1.39 bits per heavy atom. The number of aryl methyl sites for hydroxylation is 2. The predicted molar refractivity (Wildman–Crippen MR) is 87.6 cm³/mol. The number of carbonyl (C=O) groups is 1. The molecule has 1 aromatic carbocycles. The second-order valence-electron chi connectivity index (χ2n) is 5.75. The van der Waals surface area contributed by atoms with Crippen LogP contribution < -0.4 is 10.1 Å². The lowest BCUT2D eigenvalue weighted by Crippen LogP contribution is -2.49. The Hall–Kier alpha value is -2.34. The van der Waals surface area contributed by atoms with Gasteiger partial charge in [0, 0.05) is 32.2 Å². The van der Waals surface area contributed by atoms with Crippen molar-refractivity contribution >= 4 is 5.91 Å². The van der Waals surface area contributed by atoms with Gasteiger partial charge < -0.3 is 15.0 Å². The fourth-order valence-electron chi connectivity index (χ4n) is 3.12. The van der Waals surface area contributed by atoms with Crippen LogP contribution in [0.3, 0.4) is 0 Å². The average Bonchev–Trinajstić information content (AvgIpc) is 2.92. The highest BCUT2D eigenvalue weighted by Crippen LogP contribution is 2.31. The van der Waals surface area contributed by atoms with Crippen LogP contribution in [0, 0.1) is 6.92 Å². The van der Waals surface area contributed by atoms with Crippen molar-refractivity contribution in [2.75, 3.05) is 26.7 Å². The highest BCUT2D eigenvalue weighted by atomic mass is 16.5. The van der Waals surface area contributed by atoms with E-state index in [1.54, 1.807) is 18.8 Å². The van der Waals surface area contributed by atoms with Crippen LogP contribution >= 0.6 is 0 Å². The third kappa shape index (κ3) is 2.94. The van der Waals surface area contributed by atoms with Crippen molar-refractivity contribution in [2.45, 2.75) is 13.0 Å². The molecule has 0 saturated carbocycles. The van der Waals surface area contributed by atoms with Gasteiger partial charge in [0.05, 0.1) is 18.8 Å². The standard InChI is InChI=1S/C17H22N4O2/c1-12-10-14(20(2)19-12)17(22)21-9-8-18-11-15(21)13-6-4-5-7-16(13)23-3/h4-7,10,15,18H,8-9,11H2,1-3H3. The summed E-state index contributed by atoms with van der Waals surface area (Å²) in [5.74, 6) is 0.811. The largest absolute Gasteiger partial charge is 0.496 e. The second kappa shape index (κ2) is 6.42. The number of piperazine rings is 1. The Labute approximate surface area is 136 Å². The zero-order chi connectivity index (χ0) is 16.4. The van der Waals surface area contributed by atoms with Crippen LogP contribution in [-0.2, 0) is 7.05 Å². The Bertz CT molecular complexity index is 710. The van der Waals surface area contributed by atoms with Gasteiger partial charge in [0.25, 0.3) is 5.91 Å². The van der Waals surface area contributed by atoms with E-state index in [2.05, 4.69) is 10.4 Å². The van der Waals surface area contributed by atoms with Gasteiger partial charge in [-0.15, -0.1) is 0 Å². The maximum Gasteiger partial charge on any atom is 0.272 e. The fourth-order valence-corrected chi connectivity index (χ4v) is 3.12. The SMILES string of the molecule is COc1ccccc1C1CNCCN1C(=O)c1cc(C)nn1C. The zero-order valence-corrected chi connectivity index (χ0v) is 13.7. The maximum atomic E-state index is 13.0. The van der Waals surface area contributed by atoms with Gasteiger partial charge in [0.1, 0.15) is 11.4 Å². The number of aromatic nitrogens is 2. The summed E-state index contributed by atoms with van der Waals surface area (Å²) in [5, 5.41) is 7.66. The third-order valence-corrected chi connectivity index (χ3v) is 4.22. The molecule has 2 heterocycles. The van der Waals surface area contributed by atoms with Crippen LogP contribution in [-0.4, -0.2) is 47.3 Å². The molecule has 1 saturated heterocycles. The molecule has 0 bridgehead atoms. The smallest absolute Gasteiger partial charge is 0.272 e. The number of ether oxygens (including phenoxy) is 1. The van der Waals surface area contributed by atoms with E-state index in [0.717, 1.165) is 23.6 Å². The Kier molecular flexibility index (Phi) is 4.34. The molecule has 3 rings (SSSR count). The molecule has 1 fully saturated rings. The highest BCUT2D eigenvalue weighted by molar-refractivity contribution is 5.93. The third-order valence-electron chi connectivity index (χ3n) is 4.22. The molecule has 1 N–H and O–H groups in total. The van der Waals surface area contributed by atoms with Crippen LogP contribution in [0.15, 0.2) is 30.3 Å². The van der Waals surface area contributed by atoms with Gasteiger partial charge in [-0.2, -0.15) is 5.10 Å². The summed E-state index contributed by atoms with van der Waals surface area (Å²) in [5.41, 5.74) is 2.48. The summed E-state index contributed by atoms with van der Waals surface area (Å²) in [6, 6.07) is 9.65. The van der Waals surface area contributed by atoms with Crippen molar-refractivity contribution in [3.63, 3.8) is 0 Å². The molecule has 6 heteroatoms. The molecule has 1 amide bonds. The minimum atomic E-state index is -0.0531. The van der Waals surface area contributed by atoms with E-state index in [-0.39, 0.29) is 11.9 Å². The normalized spacial score (nSPS) is 18.0. The van der Waals surface area contributed by atoms with Gasteiger partial charge in [-0.3, -0.25) is 9.48 Å². The molecule has 23 heavy (non-hydrogen) atoms. The predicted octanol–water partition coefficient (Wildman–Crippen LogP) is 1.52. The van der Waals surface area contributed by atoms with Crippen LogP contribution in [0.5, 0.6) is 5.75 Å². The van der Waals surface area contributed by atoms with Gasteiger partial charge in [0.15, 0.2) is 0 Å². The molecule has 1 aliphatic heterocycles. The van der Waals surface area contributed by atoms with E-state index < -0.39 is 0 Å². The topological polar surface area (TPSA) is 59.4 Å². The number of nitrogens with zero attached hydrogens (tertiary/aromatic N) is 3. The number of methoxy groups -OCH3 is 1. The first-order chi connectivity index (χ1) is 11.1. The van der Waals surface area contributed by atoms with Gasteiger partial charge in [0.2, 0.25) is 0 Å². The minimum Gasteiger partial charge on any atom is -0.496 e. The molecule has 2 aromatic rings. The number of rotatable bonds is 3. The first-order valence-corrected chi connectivity index (χ1v) is 7.77. The van der Waals surface area contributed by atoms with Crippen molar-refractivity contribution in [1.29, 1.82) is 0 Å². The molecule has 1 atom stereocenters. The van der Waals surface area contributed by atoms with Crippen molar-refractivity contribution in [3.05, 3.63) is 47.3 Å². The molecule has 1 aromatic heterocycles. The molecule has 1 unspecified atom stereocenters. The molecule has 0 aliphatic carbocycles. The Morgan fingerprint density at radius 2 is 2.17 bits per heavy atom. The van der Waals surface area contributed by atoms with Gasteiger partial charge in [-0.05, 0) is 19.1 Å². The lowest BCUT2D eigenvalue weighted by atomic mass is 10.0. The van der Waals surface area contributed by atoms with E-state index in [0.29, 0.717) is 18.8 Å². The number of carbonyl (C=O) groups excluding carboxylic acids is 1. The van der Waals surface area contributed by atoms with Crippen LogP contribution in [0.2, 0.25) is 0 Å². The number of amides is 1. The summed E-state index contributed by atoms with van der Waals surface area (Å²) in [4.78, 5) is 14.9. The molecular formula is C17H22N4O2. The maximum absolute atomic E-state index is 13.0. The van der Waals surface area contributed by atoms with Crippen LogP contribution in [0.25, 0.3) is 0 Å². The summed E-state index contributed by atoms with van der Waals surface area (Å²) in [6.45, 7) is 4.05. The van der Waals surface area contributed by atoms with Crippen LogP contribution in [0.1, 0.15) is 27.8 Å². The van der Waals surface area contributed by atoms with Gasteiger partial charge >= 0.3 is 0 Å². The first-order valence-electron chi connectivity index (χ1n) is 7.77. The number of hydrogen-bond donors (Lipinski definition) is 1. The summed E-state index contributed by atoms with van der Waals surface area (Å²) in [6.07, 6.45) is 0. The van der Waals surface area contributed by atoms with Gasteiger partial charge in [-0.1, -0.05) is 18.2 Å². The molecular weight excluding hydrogens is 292 g/mol. The van der Waals surface area contributed by atoms with E-state index in [1.807, 2.05) is 42.2 Å². The quantitative estimate of drug-likeness (QED) is 0.933. The lowest BCUT2D eigenvalue weighted by Gasteiger charge is -2.37.